The van der Waals surface area contributed by atoms with Crippen molar-refractivity contribution in [2.45, 2.75) is 41.8 Å². The predicted molar refractivity (Wildman–Crippen MR) is 172 cm³/mol. The van der Waals surface area contributed by atoms with E-state index in [2.05, 4.69) is 5.32 Å². The molecule has 11 heteroatoms. The maximum Gasteiger partial charge on any atom is 0.339 e. The average molecular weight is 655 g/mol. The standard InChI is InChI=1S/C35H30N2O7S2/c1-23-17-19-27(20-18-23)46(41,42)44-28-22-45-34-30(36-29(38)21-24-11-5-2-6-12-24)33(39)37(34)31(28)35(40)43-32(25-13-7-3-8-14-25)26-15-9-4-10-16-26/h2-20,22,30-32,34H,21H2,1H3,(H,36,38)/t30-,31-,34+/m1/s1. The van der Waals surface area contributed by atoms with Crippen LogP contribution >= 0.6 is 11.8 Å². The molecule has 4 aromatic rings. The zero-order valence-corrected chi connectivity index (χ0v) is 26.3. The van der Waals surface area contributed by atoms with Gasteiger partial charge in [0.05, 0.1) is 6.42 Å². The monoisotopic (exact) mass is 654 g/mol. The summed E-state index contributed by atoms with van der Waals surface area (Å²) in [4.78, 5) is 41.7. The molecule has 0 spiro atoms. The van der Waals surface area contributed by atoms with E-state index in [4.69, 9.17) is 8.92 Å². The minimum atomic E-state index is -4.37. The van der Waals surface area contributed by atoms with E-state index in [1.54, 1.807) is 12.1 Å². The lowest BCUT2D eigenvalue weighted by atomic mass is 9.99. The second-order valence-electron chi connectivity index (χ2n) is 10.9. The van der Waals surface area contributed by atoms with Crippen LogP contribution in [0.2, 0.25) is 0 Å². The number of nitrogens with zero attached hydrogens (tertiary/aromatic N) is 1. The van der Waals surface area contributed by atoms with Crippen LogP contribution in [0.25, 0.3) is 0 Å². The average Bonchev–Trinajstić information content (AvgIpc) is 3.07. The van der Waals surface area contributed by atoms with Crippen molar-refractivity contribution in [1.29, 1.82) is 0 Å². The van der Waals surface area contributed by atoms with Gasteiger partial charge in [-0.05, 0) is 35.7 Å². The molecule has 9 nitrogen and oxygen atoms in total. The number of hydrogen-bond donors (Lipinski definition) is 1. The van der Waals surface area contributed by atoms with Crippen molar-refractivity contribution in [3.63, 3.8) is 0 Å². The van der Waals surface area contributed by atoms with Gasteiger partial charge in [-0.25, -0.2) is 4.79 Å². The second kappa shape index (κ2) is 13.2. The van der Waals surface area contributed by atoms with E-state index in [0.717, 1.165) is 22.9 Å². The lowest BCUT2D eigenvalue weighted by Gasteiger charge is -2.51. The summed E-state index contributed by atoms with van der Waals surface area (Å²) in [6.45, 7) is 1.82. The Bertz CT molecular complexity index is 1830. The van der Waals surface area contributed by atoms with Crippen molar-refractivity contribution in [1.82, 2.24) is 10.2 Å². The van der Waals surface area contributed by atoms with Crippen molar-refractivity contribution in [2.24, 2.45) is 0 Å². The molecule has 2 heterocycles. The smallest absolute Gasteiger partial charge is 0.339 e. The van der Waals surface area contributed by atoms with Crippen molar-refractivity contribution in [2.75, 3.05) is 0 Å². The van der Waals surface area contributed by atoms with Crippen molar-refractivity contribution < 1.29 is 31.7 Å². The Morgan fingerprint density at radius 1 is 0.848 bits per heavy atom. The zero-order chi connectivity index (χ0) is 32.3. The van der Waals surface area contributed by atoms with E-state index < -0.39 is 45.6 Å². The van der Waals surface area contributed by atoms with Gasteiger partial charge in [-0.1, -0.05) is 109 Å². The van der Waals surface area contributed by atoms with Gasteiger partial charge in [-0.15, -0.1) is 11.8 Å². The van der Waals surface area contributed by atoms with Crippen LogP contribution in [0.5, 0.6) is 0 Å². The summed E-state index contributed by atoms with van der Waals surface area (Å²) in [5, 5.41) is 3.48. The lowest BCUT2D eigenvalue weighted by Crippen LogP contribution is -2.74. The number of rotatable bonds is 10. The molecule has 0 saturated carbocycles. The fourth-order valence-electron chi connectivity index (χ4n) is 5.32. The van der Waals surface area contributed by atoms with Crippen molar-refractivity contribution >= 4 is 39.7 Å². The molecular weight excluding hydrogens is 625 g/mol. The minimum absolute atomic E-state index is 0.0717. The summed E-state index contributed by atoms with van der Waals surface area (Å²) in [7, 11) is -4.37. The molecule has 6 rings (SSSR count). The molecule has 0 unspecified atom stereocenters. The minimum Gasteiger partial charge on any atom is -0.451 e. The highest BCUT2D eigenvalue weighted by Gasteiger charge is 2.57. The summed E-state index contributed by atoms with van der Waals surface area (Å²) in [5.41, 5.74) is 3.01. The number of esters is 1. The molecule has 4 aromatic carbocycles. The fraction of sp³-hybridized carbons (Fsp3) is 0.171. The molecule has 46 heavy (non-hydrogen) atoms. The molecule has 234 valence electrons. The van der Waals surface area contributed by atoms with Crippen LogP contribution in [0.3, 0.4) is 0 Å². The van der Waals surface area contributed by atoms with E-state index in [1.165, 1.54) is 22.4 Å². The van der Waals surface area contributed by atoms with Crippen LogP contribution in [-0.4, -0.2) is 48.6 Å². The first-order chi connectivity index (χ1) is 22.2. The molecule has 2 aliphatic heterocycles. The first-order valence-electron chi connectivity index (χ1n) is 14.5. The fourth-order valence-corrected chi connectivity index (χ4v) is 7.49. The van der Waals surface area contributed by atoms with Gasteiger partial charge in [0.1, 0.15) is 16.3 Å². The van der Waals surface area contributed by atoms with E-state index in [9.17, 15) is 22.8 Å². The topological polar surface area (TPSA) is 119 Å². The Hall–Kier alpha value is -4.87. The van der Waals surface area contributed by atoms with Crippen molar-refractivity contribution in [3.8, 4) is 0 Å². The maximum absolute atomic E-state index is 14.1. The van der Waals surface area contributed by atoms with E-state index in [-0.39, 0.29) is 23.0 Å². The number of carbonyl (C=O) groups excluding carboxylic acids is 3. The van der Waals surface area contributed by atoms with Gasteiger partial charge < -0.3 is 19.1 Å². The van der Waals surface area contributed by atoms with E-state index in [0.29, 0.717) is 11.1 Å². The Morgan fingerprint density at radius 2 is 1.41 bits per heavy atom. The number of carbonyl (C=O) groups is 3. The van der Waals surface area contributed by atoms with Crippen molar-refractivity contribution in [3.05, 3.63) is 149 Å². The summed E-state index contributed by atoms with van der Waals surface area (Å²) in [6.07, 6.45) is -0.780. The summed E-state index contributed by atoms with van der Waals surface area (Å²) >= 11 is 1.08. The quantitative estimate of drug-likeness (QED) is 0.146. The van der Waals surface area contributed by atoms with Crippen LogP contribution in [0, 0.1) is 6.92 Å². The largest absolute Gasteiger partial charge is 0.451 e. The summed E-state index contributed by atoms with van der Waals surface area (Å²) < 4.78 is 38.3. The zero-order valence-electron chi connectivity index (χ0n) is 24.7. The SMILES string of the molecule is Cc1ccc(S(=O)(=O)OC2=CS[C@H]3[C@H](NC(=O)Cc4ccccc4)C(=O)N3[C@H]2C(=O)OC(c2ccccc2)c2ccccc2)cc1. The van der Waals surface area contributed by atoms with Gasteiger partial charge >= 0.3 is 16.1 Å². The Labute approximate surface area is 271 Å². The number of nitrogens with one attached hydrogen (secondary N) is 1. The highest BCUT2D eigenvalue weighted by Crippen LogP contribution is 2.42. The van der Waals surface area contributed by atoms with Gasteiger partial charge in [0.15, 0.2) is 17.9 Å². The van der Waals surface area contributed by atoms with Crippen LogP contribution in [-0.2, 0) is 39.8 Å². The molecule has 0 aliphatic carbocycles. The van der Waals surface area contributed by atoms with Crippen LogP contribution in [0.4, 0.5) is 0 Å². The number of amides is 2. The maximum atomic E-state index is 14.1. The molecule has 1 N–H and O–H groups in total. The van der Waals surface area contributed by atoms with Gasteiger partial charge in [-0.3, -0.25) is 9.59 Å². The summed E-state index contributed by atoms with van der Waals surface area (Å²) in [6, 6.07) is 30.9. The molecule has 2 amide bonds. The first-order valence-corrected chi connectivity index (χ1v) is 16.9. The number of fused-ring (bicyclic) bond motifs is 1. The highest BCUT2D eigenvalue weighted by atomic mass is 32.2. The molecular formula is C35H30N2O7S2. The summed E-state index contributed by atoms with van der Waals surface area (Å²) in [5.74, 6) is -2.06. The van der Waals surface area contributed by atoms with Crippen LogP contribution < -0.4 is 5.32 Å². The van der Waals surface area contributed by atoms with Gasteiger partial charge in [0, 0.05) is 5.41 Å². The second-order valence-corrected chi connectivity index (χ2v) is 13.4. The molecule has 0 aromatic heterocycles. The Balaban J connectivity index is 1.30. The molecule has 2 aliphatic rings. The third-order valence-corrected chi connectivity index (χ3v) is 10.1. The number of β-lactam (4-membered cyclic amide) rings is 1. The van der Waals surface area contributed by atoms with Crippen LogP contribution in [0.1, 0.15) is 28.4 Å². The first kappa shape index (κ1) is 31.1. The molecule has 1 saturated heterocycles. The Kier molecular flexibility index (Phi) is 8.96. The normalized spacial score (nSPS) is 19.0. The number of aryl methyl sites for hydroxylation is 1. The number of benzene rings is 4. The van der Waals surface area contributed by atoms with Crippen LogP contribution in [0.15, 0.2) is 131 Å². The van der Waals surface area contributed by atoms with Gasteiger partial charge in [0.2, 0.25) is 11.8 Å². The number of ether oxygens (including phenoxy) is 1. The molecule has 0 bridgehead atoms. The van der Waals surface area contributed by atoms with Gasteiger partial charge in [0.25, 0.3) is 0 Å². The molecule has 3 atom stereocenters. The third-order valence-electron chi connectivity index (χ3n) is 7.65. The Morgan fingerprint density at radius 3 is 2.00 bits per heavy atom. The molecule has 0 radical (unpaired) electrons. The van der Waals surface area contributed by atoms with Gasteiger partial charge in [-0.2, -0.15) is 8.42 Å². The number of hydrogen-bond acceptors (Lipinski definition) is 8. The van der Waals surface area contributed by atoms with E-state index in [1.807, 2.05) is 97.9 Å². The third kappa shape index (κ3) is 6.56. The van der Waals surface area contributed by atoms with E-state index >= 15 is 0 Å². The highest BCUT2D eigenvalue weighted by molar-refractivity contribution is 8.03. The number of thioether (sulfide) groups is 1. The molecule has 1 fully saturated rings. The predicted octanol–water partition coefficient (Wildman–Crippen LogP) is 4.89. The lowest BCUT2D eigenvalue weighted by molar-refractivity contribution is -0.166.